The van der Waals surface area contributed by atoms with E-state index < -0.39 is 28.3 Å². The summed E-state index contributed by atoms with van der Waals surface area (Å²) in [5, 5.41) is 0. The van der Waals surface area contributed by atoms with Gasteiger partial charge < -0.3 is 9.47 Å². The number of rotatable bonds is 8. The van der Waals surface area contributed by atoms with Crippen LogP contribution in [0.25, 0.3) is 0 Å². The molecule has 0 aliphatic heterocycles. The highest BCUT2D eigenvalue weighted by Crippen LogP contribution is 2.37. The fourth-order valence-electron chi connectivity index (χ4n) is 2.96. The number of hydrogen-bond acceptors (Lipinski definition) is 5. The van der Waals surface area contributed by atoms with E-state index in [1.807, 2.05) is 0 Å². The van der Waals surface area contributed by atoms with E-state index in [2.05, 4.69) is 4.98 Å². The molecule has 1 aromatic heterocycles. The van der Waals surface area contributed by atoms with Gasteiger partial charge in [0.1, 0.15) is 39.7 Å². The number of methoxy groups -OCH3 is 2. The SMILES string of the molecule is CCc1c(F)cc(F)c(SN(Cc2ccc(OC)cc2OC)c2cccc(F)n2)c1F. The van der Waals surface area contributed by atoms with Gasteiger partial charge in [0.05, 0.1) is 20.8 Å². The van der Waals surface area contributed by atoms with Gasteiger partial charge in [0.15, 0.2) is 0 Å². The van der Waals surface area contributed by atoms with Crippen molar-refractivity contribution < 1.29 is 27.0 Å². The zero-order valence-corrected chi connectivity index (χ0v) is 17.9. The molecule has 0 atom stereocenters. The van der Waals surface area contributed by atoms with Crippen molar-refractivity contribution in [2.75, 3.05) is 18.5 Å². The average Bonchev–Trinajstić information content (AvgIpc) is 2.76. The number of pyridine rings is 1. The van der Waals surface area contributed by atoms with E-state index in [1.54, 1.807) is 25.1 Å². The first kappa shape index (κ1) is 22.7. The fraction of sp³-hybridized carbons (Fsp3) is 0.227. The van der Waals surface area contributed by atoms with Crippen LogP contribution in [0.1, 0.15) is 18.1 Å². The summed E-state index contributed by atoms with van der Waals surface area (Å²) in [6.45, 7) is 1.63. The lowest BCUT2D eigenvalue weighted by Crippen LogP contribution is -2.17. The largest absolute Gasteiger partial charge is 0.497 e. The van der Waals surface area contributed by atoms with Crippen LogP contribution in [0, 0.1) is 23.4 Å². The maximum Gasteiger partial charge on any atom is 0.214 e. The van der Waals surface area contributed by atoms with E-state index in [9.17, 15) is 17.6 Å². The van der Waals surface area contributed by atoms with E-state index in [4.69, 9.17) is 9.47 Å². The van der Waals surface area contributed by atoms with Gasteiger partial charge in [-0.15, -0.1) is 0 Å². The van der Waals surface area contributed by atoms with Crippen molar-refractivity contribution in [3.63, 3.8) is 0 Å². The van der Waals surface area contributed by atoms with E-state index in [1.165, 1.54) is 30.7 Å². The quantitative estimate of drug-likeness (QED) is 0.240. The van der Waals surface area contributed by atoms with Crippen LogP contribution in [0.3, 0.4) is 0 Å². The smallest absolute Gasteiger partial charge is 0.214 e. The second kappa shape index (κ2) is 9.91. The van der Waals surface area contributed by atoms with Gasteiger partial charge in [0.25, 0.3) is 0 Å². The van der Waals surface area contributed by atoms with Gasteiger partial charge in [-0.3, -0.25) is 4.31 Å². The molecule has 0 aliphatic carbocycles. The van der Waals surface area contributed by atoms with Crippen molar-refractivity contribution in [1.82, 2.24) is 4.98 Å². The predicted octanol–water partition coefficient (Wildman–Crippen LogP) is 5.93. The lowest BCUT2D eigenvalue weighted by Gasteiger charge is -2.24. The molecule has 3 rings (SSSR count). The maximum absolute atomic E-state index is 14.9. The van der Waals surface area contributed by atoms with Crippen LogP contribution in [-0.4, -0.2) is 19.2 Å². The zero-order valence-electron chi connectivity index (χ0n) is 17.1. The summed E-state index contributed by atoms with van der Waals surface area (Å²) >= 11 is 0.667. The Morgan fingerprint density at radius 3 is 2.39 bits per heavy atom. The number of halogens is 4. The monoisotopic (exact) mass is 452 g/mol. The summed E-state index contributed by atoms with van der Waals surface area (Å²) in [4.78, 5) is 3.42. The fourth-order valence-corrected chi connectivity index (χ4v) is 3.93. The van der Waals surface area contributed by atoms with Crippen molar-refractivity contribution in [2.45, 2.75) is 24.8 Å². The van der Waals surface area contributed by atoms with Gasteiger partial charge in [0.2, 0.25) is 5.95 Å². The molecule has 0 radical (unpaired) electrons. The van der Waals surface area contributed by atoms with Crippen LogP contribution in [0.15, 0.2) is 47.4 Å². The summed E-state index contributed by atoms with van der Waals surface area (Å²) in [5.74, 6) is -2.59. The van der Waals surface area contributed by atoms with Crippen LogP contribution in [0.4, 0.5) is 23.4 Å². The topological polar surface area (TPSA) is 34.6 Å². The Hall–Kier alpha value is -2.94. The normalized spacial score (nSPS) is 10.8. The van der Waals surface area contributed by atoms with E-state index in [0.717, 1.165) is 6.07 Å². The molecule has 164 valence electrons. The molecule has 2 aromatic carbocycles. The van der Waals surface area contributed by atoms with Crippen molar-refractivity contribution in [2.24, 2.45) is 0 Å². The predicted molar refractivity (Wildman–Crippen MR) is 111 cm³/mol. The van der Waals surface area contributed by atoms with E-state index in [-0.39, 0.29) is 24.3 Å². The summed E-state index contributed by atoms with van der Waals surface area (Å²) in [7, 11) is 2.99. The number of aromatic nitrogens is 1. The van der Waals surface area contributed by atoms with Gasteiger partial charge in [-0.05, 0) is 42.6 Å². The molecule has 0 saturated carbocycles. The number of benzene rings is 2. The number of ether oxygens (including phenoxy) is 2. The van der Waals surface area contributed by atoms with Gasteiger partial charge in [-0.25, -0.2) is 18.2 Å². The summed E-state index contributed by atoms with van der Waals surface area (Å²) < 4.78 is 69.1. The third kappa shape index (κ3) is 5.04. The molecule has 0 saturated heterocycles. The number of anilines is 1. The van der Waals surface area contributed by atoms with Crippen molar-refractivity contribution >= 4 is 17.8 Å². The molecule has 0 bridgehead atoms. The van der Waals surface area contributed by atoms with Gasteiger partial charge in [-0.2, -0.15) is 4.39 Å². The molecule has 0 unspecified atom stereocenters. The molecule has 4 nitrogen and oxygen atoms in total. The van der Waals surface area contributed by atoms with E-state index in [0.29, 0.717) is 35.1 Å². The molecular formula is C22H20F4N2O2S. The highest BCUT2D eigenvalue weighted by Gasteiger charge is 2.23. The number of nitrogens with zero attached hydrogens (tertiary/aromatic N) is 2. The lowest BCUT2D eigenvalue weighted by atomic mass is 10.1. The van der Waals surface area contributed by atoms with Gasteiger partial charge >= 0.3 is 0 Å². The Balaban J connectivity index is 2.05. The maximum atomic E-state index is 14.9. The molecular weight excluding hydrogens is 432 g/mol. The second-order valence-electron chi connectivity index (χ2n) is 6.44. The highest BCUT2D eigenvalue weighted by molar-refractivity contribution is 8.00. The van der Waals surface area contributed by atoms with Crippen molar-refractivity contribution in [1.29, 1.82) is 0 Å². The molecule has 9 heteroatoms. The van der Waals surface area contributed by atoms with E-state index >= 15 is 0 Å². The first-order valence-corrected chi connectivity index (χ1v) is 10.1. The first-order chi connectivity index (χ1) is 14.9. The summed E-state index contributed by atoms with van der Waals surface area (Å²) in [6.07, 6.45) is 0.0516. The lowest BCUT2D eigenvalue weighted by molar-refractivity contribution is 0.391. The number of hydrogen-bond donors (Lipinski definition) is 0. The molecule has 3 aromatic rings. The minimum Gasteiger partial charge on any atom is -0.497 e. The summed E-state index contributed by atoms with van der Waals surface area (Å²) in [6, 6.07) is 9.83. The molecule has 0 fully saturated rings. The van der Waals surface area contributed by atoms with Gasteiger partial charge in [0, 0.05) is 23.3 Å². The van der Waals surface area contributed by atoms with Crippen molar-refractivity contribution in [3.8, 4) is 11.5 Å². The average molecular weight is 452 g/mol. The van der Waals surface area contributed by atoms with Crippen LogP contribution in [-0.2, 0) is 13.0 Å². The van der Waals surface area contributed by atoms with Crippen LogP contribution >= 0.6 is 11.9 Å². The Morgan fingerprint density at radius 2 is 1.74 bits per heavy atom. The molecule has 31 heavy (non-hydrogen) atoms. The van der Waals surface area contributed by atoms with Crippen LogP contribution in [0.5, 0.6) is 11.5 Å². The molecule has 0 spiro atoms. The Kier molecular flexibility index (Phi) is 7.27. The second-order valence-corrected chi connectivity index (χ2v) is 7.47. The third-order valence-corrected chi connectivity index (χ3v) is 5.64. The van der Waals surface area contributed by atoms with Crippen LogP contribution in [0.2, 0.25) is 0 Å². The minimum atomic E-state index is -1.06. The Bertz CT molecular complexity index is 1080. The van der Waals surface area contributed by atoms with Gasteiger partial charge in [-0.1, -0.05) is 13.0 Å². The first-order valence-electron chi connectivity index (χ1n) is 9.33. The molecule has 1 heterocycles. The third-order valence-electron chi connectivity index (χ3n) is 4.54. The highest BCUT2D eigenvalue weighted by atomic mass is 32.2. The summed E-state index contributed by atoms with van der Waals surface area (Å²) in [5.41, 5.74) is 0.415. The standard InChI is InChI=1S/C22H20F4N2O2S/c1-4-15-16(23)11-17(24)22(21(15)26)31-28(20-7-5-6-19(25)27-20)12-13-8-9-14(29-2)10-18(13)30-3/h5-11H,4,12H2,1-3H3. The zero-order chi connectivity index (χ0) is 22.5. The molecule has 0 amide bonds. The Morgan fingerprint density at radius 1 is 0.968 bits per heavy atom. The van der Waals surface area contributed by atoms with Crippen LogP contribution < -0.4 is 13.8 Å². The molecule has 0 N–H and O–H groups in total. The molecule has 0 aliphatic rings. The minimum absolute atomic E-state index is 0.0516. The Labute approximate surface area is 181 Å². The van der Waals surface area contributed by atoms with Crippen molar-refractivity contribution in [3.05, 3.63) is 77.0 Å².